The van der Waals surface area contributed by atoms with Gasteiger partial charge in [-0.1, -0.05) is 101 Å². The lowest BCUT2D eigenvalue weighted by Gasteiger charge is -2.38. The number of benzene rings is 3. The molecule has 50 heavy (non-hydrogen) atoms. The van der Waals surface area contributed by atoms with Crippen LogP contribution >= 0.6 is 0 Å². The van der Waals surface area contributed by atoms with Gasteiger partial charge >= 0.3 is 11.9 Å². The van der Waals surface area contributed by atoms with Crippen molar-refractivity contribution in [1.82, 2.24) is 0 Å². The van der Waals surface area contributed by atoms with Gasteiger partial charge in [-0.15, -0.1) is 0 Å². The SMILES string of the molecule is CC(CCC[C@H]1C(O)C[C@H](OC(=O)c2ccc(-c3ccccc3)cc2)[C@@H]1CCCCCC(O[Si](C)(C)C(C)(C)C)C(=O)O)Oc1ccccc1. The Labute approximate surface area is 300 Å². The van der Waals surface area contributed by atoms with Crippen LogP contribution in [0.4, 0.5) is 0 Å². The van der Waals surface area contributed by atoms with E-state index in [1.165, 1.54) is 0 Å². The number of carboxylic acids is 1. The topological polar surface area (TPSA) is 102 Å². The number of unbranched alkanes of at least 4 members (excludes halogenated alkanes) is 2. The molecule has 7 nitrogen and oxygen atoms in total. The van der Waals surface area contributed by atoms with Crippen molar-refractivity contribution in [2.24, 2.45) is 11.8 Å². The number of aliphatic carboxylic acids is 1. The first-order chi connectivity index (χ1) is 23.7. The summed E-state index contributed by atoms with van der Waals surface area (Å²) in [5.41, 5.74) is 2.61. The molecule has 0 spiro atoms. The van der Waals surface area contributed by atoms with E-state index in [0.29, 0.717) is 18.4 Å². The third-order valence-corrected chi connectivity index (χ3v) is 15.2. The van der Waals surface area contributed by atoms with Crippen LogP contribution < -0.4 is 4.74 Å². The third-order valence-electron chi connectivity index (χ3n) is 10.7. The summed E-state index contributed by atoms with van der Waals surface area (Å²) >= 11 is 0. The van der Waals surface area contributed by atoms with E-state index in [9.17, 15) is 19.8 Å². The van der Waals surface area contributed by atoms with Gasteiger partial charge in [0.25, 0.3) is 0 Å². The normalized spacial score (nSPS) is 20.6. The standard InChI is InChI=1S/C42H58O7Si/c1-30(47-34-20-12-8-13-21-34)17-16-23-35-36(22-14-9-15-24-38(40(44)45)49-50(5,6)42(2,3)4)39(29-37(35)43)48-41(46)33-27-25-32(26-28-33)31-18-10-7-11-19-31/h7-8,10-13,18-21,25-28,30,35-39,43H,9,14-17,22-24,29H2,1-6H3,(H,44,45)/t30?,35-,36-,37?,38?,39+/m1/s1. The summed E-state index contributed by atoms with van der Waals surface area (Å²) < 4.78 is 18.5. The van der Waals surface area contributed by atoms with Gasteiger partial charge in [0.1, 0.15) is 18.0 Å². The second-order valence-corrected chi connectivity index (χ2v) is 20.3. The van der Waals surface area contributed by atoms with Gasteiger partial charge in [0.2, 0.25) is 0 Å². The summed E-state index contributed by atoms with van der Waals surface area (Å²) in [6, 6.07) is 27.3. The van der Waals surface area contributed by atoms with Crippen LogP contribution in [0.1, 0.15) is 95.8 Å². The Balaban J connectivity index is 1.37. The van der Waals surface area contributed by atoms with Crippen molar-refractivity contribution in [3.05, 3.63) is 90.5 Å². The van der Waals surface area contributed by atoms with E-state index in [2.05, 4.69) is 40.8 Å². The van der Waals surface area contributed by atoms with Crippen LogP contribution in [0.3, 0.4) is 0 Å². The summed E-state index contributed by atoms with van der Waals surface area (Å²) in [7, 11) is -2.22. The van der Waals surface area contributed by atoms with Crippen LogP contribution in [0.5, 0.6) is 5.75 Å². The largest absolute Gasteiger partial charge is 0.491 e. The van der Waals surface area contributed by atoms with Crippen molar-refractivity contribution in [1.29, 1.82) is 0 Å². The van der Waals surface area contributed by atoms with Gasteiger partial charge in [-0.2, -0.15) is 0 Å². The Hall–Kier alpha value is -3.46. The van der Waals surface area contributed by atoms with Crippen LogP contribution in [0.25, 0.3) is 11.1 Å². The van der Waals surface area contributed by atoms with E-state index in [0.717, 1.165) is 61.8 Å². The molecule has 0 bridgehead atoms. The minimum Gasteiger partial charge on any atom is -0.491 e. The summed E-state index contributed by atoms with van der Waals surface area (Å²) in [4.78, 5) is 25.5. The molecule has 1 saturated carbocycles. The number of ether oxygens (including phenoxy) is 2. The molecule has 3 unspecified atom stereocenters. The van der Waals surface area contributed by atoms with Crippen LogP contribution in [0.15, 0.2) is 84.9 Å². The van der Waals surface area contributed by atoms with E-state index in [4.69, 9.17) is 13.9 Å². The van der Waals surface area contributed by atoms with Crippen molar-refractivity contribution >= 4 is 20.3 Å². The minimum atomic E-state index is -2.22. The highest BCUT2D eigenvalue weighted by atomic mass is 28.4. The third kappa shape index (κ3) is 11.3. The number of carbonyl (C=O) groups excluding carboxylic acids is 1. The van der Waals surface area contributed by atoms with Crippen LogP contribution in [0, 0.1) is 11.8 Å². The van der Waals surface area contributed by atoms with E-state index < -0.39 is 26.5 Å². The van der Waals surface area contributed by atoms with Gasteiger partial charge in [-0.3, -0.25) is 0 Å². The molecule has 0 aromatic heterocycles. The molecule has 0 saturated heterocycles. The molecular weight excluding hydrogens is 645 g/mol. The first-order valence-corrected chi connectivity index (χ1v) is 21.3. The van der Waals surface area contributed by atoms with E-state index in [1.54, 1.807) is 12.1 Å². The predicted molar refractivity (Wildman–Crippen MR) is 202 cm³/mol. The molecule has 4 rings (SSSR count). The van der Waals surface area contributed by atoms with Gasteiger partial charge in [0.05, 0.1) is 17.8 Å². The zero-order chi connectivity index (χ0) is 36.3. The van der Waals surface area contributed by atoms with Gasteiger partial charge in [-0.25, -0.2) is 9.59 Å². The molecule has 0 radical (unpaired) electrons. The van der Waals surface area contributed by atoms with E-state index in [-0.39, 0.29) is 35.1 Å². The van der Waals surface area contributed by atoms with Crippen molar-refractivity contribution in [3.63, 3.8) is 0 Å². The van der Waals surface area contributed by atoms with Crippen LogP contribution in [-0.2, 0) is 14.0 Å². The fraction of sp³-hybridized carbons (Fsp3) is 0.524. The Kier molecular flexibility index (Phi) is 14.3. The lowest BCUT2D eigenvalue weighted by atomic mass is 9.84. The van der Waals surface area contributed by atoms with Crippen molar-refractivity contribution < 1.29 is 33.7 Å². The lowest BCUT2D eigenvalue weighted by molar-refractivity contribution is -0.146. The zero-order valence-corrected chi connectivity index (χ0v) is 31.8. The maximum atomic E-state index is 13.4. The Morgan fingerprint density at radius 1 is 0.800 bits per heavy atom. The first kappa shape index (κ1) is 39.3. The lowest BCUT2D eigenvalue weighted by Crippen LogP contribution is -2.46. The number of rotatable bonds is 18. The molecule has 0 amide bonds. The maximum absolute atomic E-state index is 13.4. The number of carbonyl (C=O) groups is 2. The van der Waals surface area contributed by atoms with Gasteiger partial charge in [-0.05, 0) is 98.5 Å². The molecule has 8 heteroatoms. The minimum absolute atomic E-state index is 0.00543. The maximum Gasteiger partial charge on any atom is 0.338 e. The van der Waals surface area contributed by atoms with E-state index in [1.807, 2.05) is 72.8 Å². The summed E-state index contributed by atoms with van der Waals surface area (Å²) in [5.74, 6) is -0.401. The molecule has 272 valence electrons. The van der Waals surface area contributed by atoms with Gasteiger partial charge in [0.15, 0.2) is 8.32 Å². The second kappa shape index (κ2) is 18.2. The molecule has 2 N–H and O–H groups in total. The number of aliphatic hydroxyl groups is 1. The highest BCUT2D eigenvalue weighted by Crippen LogP contribution is 2.42. The Morgan fingerprint density at radius 2 is 1.40 bits per heavy atom. The van der Waals surface area contributed by atoms with Gasteiger partial charge in [0, 0.05) is 12.3 Å². The molecule has 6 atom stereocenters. The smallest absolute Gasteiger partial charge is 0.338 e. The van der Waals surface area contributed by atoms with Crippen molar-refractivity contribution in [2.45, 2.75) is 128 Å². The number of hydrogen-bond donors (Lipinski definition) is 2. The molecule has 0 heterocycles. The van der Waals surface area contributed by atoms with E-state index >= 15 is 0 Å². The van der Waals surface area contributed by atoms with Crippen molar-refractivity contribution in [3.8, 4) is 16.9 Å². The predicted octanol–water partition coefficient (Wildman–Crippen LogP) is 9.94. The highest BCUT2D eigenvalue weighted by molar-refractivity contribution is 6.74. The number of hydrogen-bond acceptors (Lipinski definition) is 6. The molecule has 3 aromatic rings. The molecule has 1 aliphatic carbocycles. The van der Waals surface area contributed by atoms with Gasteiger partial charge < -0.3 is 24.1 Å². The number of para-hydroxylation sites is 1. The zero-order valence-electron chi connectivity index (χ0n) is 30.8. The number of carboxylic acid groups (broad SMARTS) is 1. The summed E-state index contributed by atoms with van der Waals surface area (Å²) in [6.45, 7) is 12.6. The molecule has 0 aliphatic heterocycles. The fourth-order valence-corrected chi connectivity index (χ4v) is 8.09. The second-order valence-electron chi connectivity index (χ2n) is 15.5. The average molecular weight is 703 g/mol. The monoisotopic (exact) mass is 702 g/mol. The van der Waals surface area contributed by atoms with Crippen LogP contribution in [0.2, 0.25) is 18.1 Å². The average Bonchev–Trinajstić information content (AvgIpc) is 3.37. The van der Waals surface area contributed by atoms with Crippen LogP contribution in [-0.4, -0.2) is 54.9 Å². The molecule has 1 fully saturated rings. The molecule has 3 aromatic carbocycles. The molecular formula is C42H58O7Si. The first-order valence-electron chi connectivity index (χ1n) is 18.4. The number of esters is 1. The summed E-state index contributed by atoms with van der Waals surface area (Å²) in [5, 5.41) is 21.1. The quantitative estimate of drug-likeness (QED) is 0.0773. The van der Waals surface area contributed by atoms with Crippen molar-refractivity contribution in [2.75, 3.05) is 0 Å². The summed E-state index contributed by atoms with van der Waals surface area (Å²) in [6.07, 6.45) is 4.96. The fourth-order valence-electron chi connectivity index (χ4n) is 6.81. The molecule has 1 aliphatic rings. The highest BCUT2D eigenvalue weighted by Gasteiger charge is 2.44. The Bertz CT molecular complexity index is 1470. The Morgan fingerprint density at radius 3 is 2.02 bits per heavy atom. The number of aliphatic hydroxyl groups excluding tert-OH is 1.